The van der Waals surface area contributed by atoms with Crippen molar-refractivity contribution in [2.24, 2.45) is 7.05 Å². The van der Waals surface area contributed by atoms with Crippen LogP contribution in [-0.2, 0) is 20.2 Å². The van der Waals surface area contributed by atoms with E-state index in [0.29, 0.717) is 22.9 Å². The second-order valence-electron chi connectivity index (χ2n) is 6.10. The van der Waals surface area contributed by atoms with Gasteiger partial charge < -0.3 is 10.1 Å². The smallest absolute Gasteiger partial charge is 0.209 e. The average Bonchev–Trinajstić information content (AvgIpc) is 3.10. The topological polar surface area (TPSA) is 64.9 Å². The molecule has 1 N–H and O–H groups in total. The van der Waals surface area contributed by atoms with Crippen molar-refractivity contribution in [3.63, 3.8) is 0 Å². The Bertz CT molecular complexity index is 912. The Hall–Kier alpha value is -1.87. The van der Waals surface area contributed by atoms with E-state index in [-0.39, 0.29) is 24.8 Å². The van der Waals surface area contributed by atoms with E-state index in [1.54, 1.807) is 40.7 Å². The Balaban J connectivity index is 0.00000300. The van der Waals surface area contributed by atoms with Gasteiger partial charge in [0, 0.05) is 35.5 Å². The van der Waals surface area contributed by atoms with Crippen molar-refractivity contribution >= 4 is 35.8 Å². The molecule has 2 aromatic carbocycles. The Labute approximate surface area is 184 Å². The van der Waals surface area contributed by atoms with E-state index in [9.17, 15) is 4.39 Å². The molecule has 0 aliphatic rings. The number of aromatic nitrogens is 4. The van der Waals surface area contributed by atoms with E-state index < -0.39 is 0 Å². The summed E-state index contributed by atoms with van der Waals surface area (Å²) in [7, 11) is 1.82. The number of thioether (sulfide) groups is 1. The van der Waals surface area contributed by atoms with E-state index in [1.807, 2.05) is 19.2 Å². The maximum Gasteiger partial charge on any atom is 0.209 e. The predicted molar refractivity (Wildman–Crippen MR) is 115 cm³/mol. The number of aryl methyl sites for hydroxylation is 1. The molecule has 6 nitrogen and oxygen atoms in total. The minimum absolute atomic E-state index is 0. The molecule has 0 saturated heterocycles. The average molecular weight is 458 g/mol. The first-order valence-corrected chi connectivity index (χ1v) is 10.2. The Morgan fingerprint density at radius 3 is 2.79 bits per heavy atom. The molecule has 10 heteroatoms. The van der Waals surface area contributed by atoms with Gasteiger partial charge >= 0.3 is 0 Å². The number of ether oxygens (including phenoxy) is 1. The normalized spacial score (nSPS) is 10.6. The first kappa shape index (κ1) is 23.4. The standard InChI is InChI=1S/C19H21ClFN5OS.ClH/c1-26-19(23-24-25-26)28-10-4-9-22-12-15-11-16(20)7-8-18(15)27-13-14-5-2-3-6-17(14)21;/h2-3,5-8,11,22H,4,9-10,12-13H2,1H3;1H. The van der Waals surface area contributed by atoms with Crippen LogP contribution in [-0.4, -0.2) is 32.5 Å². The van der Waals surface area contributed by atoms with Gasteiger partial charge in [0.2, 0.25) is 5.16 Å². The molecule has 0 saturated carbocycles. The summed E-state index contributed by atoms with van der Waals surface area (Å²) in [6, 6.07) is 12.1. The van der Waals surface area contributed by atoms with Crippen LogP contribution in [0.25, 0.3) is 0 Å². The highest BCUT2D eigenvalue weighted by Gasteiger charge is 2.08. The van der Waals surface area contributed by atoms with Crippen LogP contribution in [0.5, 0.6) is 5.75 Å². The van der Waals surface area contributed by atoms with E-state index in [0.717, 1.165) is 29.4 Å². The summed E-state index contributed by atoms with van der Waals surface area (Å²) >= 11 is 7.74. The second kappa shape index (κ2) is 12.0. The van der Waals surface area contributed by atoms with Crippen molar-refractivity contribution in [1.29, 1.82) is 0 Å². The number of hydrogen-bond acceptors (Lipinski definition) is 6. The molecule has 0 aliphatic heterocycles. The maximum atomic E-state index is 13.8. The zero-order valence-electron chi connectivity index (χ0n) is 15.8. The molecule has 0 aliphatic carbocycles. The molecule has 1 heterocycles. The van der Waals surface area contributed by atoms with Crippen LogP contribution in [0.2, 0.25) is 5.02 Å². The highest BCUT2D eigenvalue weighted by molar-refractivity contribution is 7.99. The molecule has 0 bridgehead atoms. The molecule has 0 spiro atoms. The molecule has 3 aromatic rings. The SMILES string of the molecule is Cl.Cn1nnnc1SCCCNCc1cc(Cl)ccc1OCc1ccccc1F. The fourth-order valence-electron chi connectivity index (χ4n) is 2.53. The van der Waals surface area contributed by atoms with E-state index in [1.165, 1.54) is 6.07 Å². The van der Waals surface area contributed by atoms with Crippen LogP contribution < -0.4 is 10.1 Å². The third-order valence-corrected chi connectivity index (χ3v) is 5.32. The van der Waals surface area contributed by atoms with Crippen molar-refractivity contribution in [1.82, 2.24) is 25.5 Å². The summed E-state index contributed by atoms with van der Waals surface area (Å²) in [5.74, 6) is 1.33. The van der Waals surface area contributed by atoms with Crippen molar-refractivity contribution in [2.45, 2.75) is 24.7 Å². The molecular weight excluding hydrogens is 436 g/mol. The fraction of sp³-hybridized carbons (Fsp3) is 0.316. The Morgan fingerprint density at radius 2 is 2.03 bits per heavy atom. The van der Waals surface area contributed by atoms with Crippen LogP contribution in [0.1, 0.15) is 17.5 Å². The van der Waals surface area contributed by atoms with Crippen LogP contribution >= 0.6 is 35.8 Å². The van der Waals surface area contributed by atoms with E-state index in [2.05, 4.69) is 20.8 Å². The van der Waals surface area contributed by atoms with Gasteiger partial charge in [-0.25, -0.2) is 9.07 Å². The monoisotopic (exact) mass is 457 g/mol. The van der Waals surface area contributed by atoms with Gasteiger partial charge in [-0.2, -0.15) is 0 Å². The lowest BCUT2D eigenvalue weighted by molar-refractivity contribution is 0.296. The summed E-state index contributed by atoms with van der Waals surface area (Å²) in [6.07, 6.45) is 0.962. The molecule has 1 aromatic heterocycles. The largest absolute Gasteiger partial charge is 0.488 e. The molecule has 3 rings (SSSR count). The van der Waals surface area contributed by atoms with Crippen LogP contribution in [0.15, 0.2) is 47.6 Å². The summed E-state index contributed by atoms with van der Waals surface area (Å²) in [4.78, 5) is 0. The molecule has 0 unspecified atom stereocenters. The minimum atomic E-state index is -0.272. The van der Waals surface area contributed by atoms with Crippen molar-refractivity contribution in [3.05, 3.63) is 64.4 Å². The van der Waals surface area contributed by atoms with Crippen molar-refractivity contribution in [2.75, 3.05) is 12.3 Å². The van der Waals surface area contributed by atoms with Crippen molar-refractivity contribution in [3.8, 4) is 5.75 Å². The lowest BCUT2D eigenvalue weighted by Crippen LogP contribution is -2.16. The number of rotatable bonds is 10. The van der Waals surface area contributed by atoms with Crippen LogP contribution in [0, 0.1) is 5.82 Å². The summed E-state index contributed by atoms with van der Waals surface area (Å²) in [6.45, 7) is 1.62. The first-order chi connectivity index (χ1) is 13.6. The quantitative estimate of drug-likeness (QED) is 0.362. The van der Waals surface area contributed by atoms with Crippen LogP contribution in [0.3, 0.4) is 0 Å². The second-order valence-corrected chi connectivity index (χ2v) is 7.59. The van der Waals surface area contributed by atoms with Gasteiger partial charge in [0.15, 0.2) is 0 Å². The summed E-state index contributed by atoms with van der Waals surface area (Å²) in [5.41, 5.74) is 1.46. The third kappa shape index (κ3) is 7.15. The molecule has 29 heavy (non-hydrogen) atoms. The van der Waals surface area contributed by atoms with Crippen molar-refractivity contribution < 1.29 is 9.13 Å². The van der Waals surface area contributed by atoms with Gasteiger partial charge in [0.05, 0.1) is 0 Å². The van der Waals surface area contributed by atoms with Gasteiger partial charge in [-0.1, -0.05) is 41.6 Å². The van der Waals surface area contributed by atoms with E-state index >= 15 is 0 Å². The lowest BCUT2D eigenvalue weighted by atomic mass is 10.2. The lowest BCUT2D eigenvalue weighted by Gasteiger charge is -2.13. The number of tetrazole rings is 1. The predicted octanol–water partition coefficient (Wildman–Crippen LogP) is 4.28. The molecule has 0 radical (unpaired) electrons. The van der Waals surface area contributed by atoms with Gasteiger partial charge in [-0.15, -0.1) is 17.5 Å². The molecule has 0 fully saturated rings. The van der Waals surface area contributed by atoms with Gasteiger partial charge in [0.25, 0.3) is 0 Å². The molecule has 0 amide bonds. The summed E-state index contributed by atoms with van der Waals surface area (Å²) < 4.78 is 21.3. The van der Waals surface area contributed by atoms with Gasteiger partial charge in [-0.05, 0) is 47.7 Å². The van der Waals surface area contributed by atoms with E-state index in [4.69, 9.17) is 16.3 Å². The molecule has 0 atom stereocenters. The maximum absolute atomic E-state index is 13.8. The van der Waals surface area contributed by atoms with Gasteiger partial charge in [-0.3, -0.25) is 0 Å². The number of nitrogens with one attached hydrogen (secondary N) is 1. The minimum Gasteiger partial charge on any atom is -0.488 e. The zero-order valence-corrected chi connectivity index (χ0v) is 18.2. The summed E-state index contributed by atoms with van der Waals surface area (Å²) in [5, 5.41) is 16.2. The number of hydrogen-bond donors (Lipinski definition) is 1. The fourth-order valence-corrected chi connectivity index (χ4v) is 3.51. The number of halogens is 3. The molecular formula is C19H22Cl2FN5OS. The first-order valence-electron chi connectivity index (χ1n) is 8.84. The number of benzene rings is 2. The Kier molecular flexibility index (Phi) is 9.66. The molecule has 156 valence electrons. The highest BCUT2D eigenvalue weighted by atomic mass is 35.5. The zero-order chi connectivity index (χ0) is 19.8. The van der Waals surface area contributed by atoms with Crippen LogP contribution in [0.4, 0.5) is 4.39 Å². The Morgan fingerprint density at radius 1 is 1.21 bits per heavy atom. The van der Waals surface area contributed by atoms with Gasteiger partial charge in [0.1, 0.15) is 18.2 Å². The number of nitrogens with zero attached hydrogens (tertiary/aromatic N) is 4. The third-order valence-electron chi connectivity index (χ3n) is 3.99. The highest BCUT2D eigenvalue weighted by Crippen LogP contribution is 2.24.